The zero-order valence-corrected chi connectivity index (χ0v) is 13.6. The van der Waals surface area contributed by atoms with E-state index in [-0.39, 0.29) is 0 Å². The van der Waals surface area contributed by atoms with Crippen LogP contribution in [0.2, 0.25) is 10.0 Å². The summed E-state index contributed by atoms with van der Waals surface area (Å²) in [5, 5.41) is 4.56. The van der Waals surface area contributed by atoms with Gasteiger partial charge in [-0.2, -0.15) is 0 Å². The zero-order chi connectivity index (χ0) is 15.0. The third-order valence-corrected chi connectivity index (χ3v) is 4.63. The second kappa shape index (κ2) is 5.95. The number of nitrogens with one attached hydrogen (secondary N) is 1. The summed E-state index contributed by atoms with van der Waals surface area (Å²) >= 11 is 12.1. The molecule has 4 nitrogen and oxygen atoms in total. The second-order valence-electron chi connectivity index (χ2n) is 5.73. The van der Waals surface area contributed by atoms with Gasteiger partial charge in [-0.05, 0) is 18.1 Å². The highest BCUT2D eigenvalue weighted by molar-refractivity contribution is 6.42. The normalized spacial score (nSPS) is 19.5. The molecule has 1 unspecified atom stereocenters. The number of aromatic nitrogens is 2. The van der Waals surface area contributed by atoms with Gasteiger partial charge in [-0.15, -0.1) is 0 Å². The molecule has 2 aromatic rings. The summed E-state index contributed by atoms with van der Waals surface area (Å²) in [6.45, 7) is 7.30. The first-order valence-corrected chi connectivity index (χ1v) is 7.90. The van der Waals surface area contributed by atoms with Gasteiger partial charge in [0.15, 0.2) is 0 Å². The van der Waals surface area contributed by atoms with Gasteiger partial charge < -0.3 is 10.2 Å². The smallest absolute Gasteiger partial charge is 0.147 e. The van der Waals surface area contributed by atoms with E-state index in [1.165, 1.54) is 0 Å². The van der Waals surface area contributed by atoms with Crippen molar-refractivity contribution in [3.63, 3.8) is 0 Å². The Hall–Kier alpha value is -1.10. The van der Waals surface area contributed by atoms with Crippen LogP contribution >= 0.6 is 23.2 Å². The van der Waals surface area contributed by atoms with E-state index in [1.54, 1.807) is 12.1 Å². The quantitative estimate of drug-likeness (QED) is 0.919. The van der Waals surface area contributed by atoms with E-state index in [0.717, 1.165) is 36.5 Å². The molecule has 0 radical (unpaired) electrons. The number of halogens is 2. The van der Waals surface area contributed by atoms with Crippen LogP contribution in [0.5, 0.6) is 0 Å². The molecule has 0 spiro atoms. The Balaban J connectivity index is 1.91. The number of anilines is 1. The molecule has 1 N–H and O–H groups in total. The standard InChI is InChI=1S/C15H18Cl2N4/c1-9(2)14-8-21(4-3-18-14)15-7-19-12-5-10(16)11(17)6-13(12)20-15/h5-7,9,14,18H,3-4,8H2,1-2H3. The Morgan fingerprint density at radius 2 is 1.95 bits per heavy atom. The highest BCUT2D eigenvalue weighted by Crippen LogP contribution is 2.27. The molecule has 1 aliphatic rings. The van der Waals surface area contributed by atoms with Crippen LogP contribution in [0.3, 0.4) is 0 Å². The minimum Gasteiger partial charge on any atom is -0.352 e. The molecule has 1 saturated heterocycles. The van der Waals surface area contributed by atoms with Crippen LogP contribution in [-0.2, 0) is 0 Å². The molecule has 0 bridgehead atoms. The number of hydrogen-bond acceptors (Lipinski definition) is 4. The van der Waals surface area contributed by atoms with Crippen molar-refractivity contribution in [3.8, 4) is 0 Å². The maximum absolute atomic E-state index is 6.07. The van der Waals surface area contributed by atoms with Crippen molar-refractivity contribution in [2.24, 2.45) is 5.92 Å². The van der Waals surface area contributed by atoms with E-state index in [9.17, 15) is 0 Å². The molecule has 1 fully saturated rings. The average Bonchev–Trinajstić information content (AvgIpc) is 2.48. The molecular formula is C15H18Cl2N4. The number of benzene rings is 1. The van der Waals surface area contributed by atoms with E-state index >= 15 is 0 Å². The van der Waals surface area contributed by atoms with Gasteiger partial charge in [0.2, 0.25) is 0 Å². The lowest BCUT2D eigenvalue weighted by molar-refractivity contribution is 0.367. The molecule has 1 aromatic carbocycles. The van der Waals surface area contributed by atoms with Crippen molar-refractivity contribution in [3.05, 3.63) is 28.4 Å². The Morgan fingerprint density at radius 3 is 2.67 bits per heavy atom. The monoisotopic (exact) mass is 324 g/mol. The summed E-state index contributed by atoms with van der Waals surface area (Å²) in [5.41, 5.74) is 1.55. The molecule has 1 atom stereocenters. The fraction of sp³-hybridized carbons (Fsp3) is 0.467. The van der Waals surface area contributed by atoms with Crippen LogP contribution in [0.1, 0.15) is 13.8 Å². The molecule has 112 valence electrons. The van der Waals surface area contributed by atoms with Gasteiger partial charge in [-0.1, -0.05) is 37.0 Å². The van der Waals surface area contributed by atoms with E-state index in [0.29, 0.717) is 22.0 Å². The Bertz CT molecular complexity index is 659. The summed E-state index contributed by atoms with van der Waals surface area (Å²) in [7, 11) is 0. The molecule has 0 saturated carbocycles. The van der Waals surface area contributed by atoms with Gasteiger partial charge in [0, 0.05) is 25.7 Å². The summed E-state index contributed by atoms with van der Waals surface area (Å²) in [4.78, 5) is 11.4. The SMILES string of the molecule is CC(C)C1CN(c2cnc3cc(Cl)c(Cl)cc3n2)CCN1. The van der Waals surface area contributed by atoms with Crippen molar-refractivity contribution < 1.29 is 0 Å². The van der Waals surface area contributed by atoms with Crippen LogP contribution in [0, 0.1) is 5.92 Å². The fourth-order valence-electron chi connectivity index (χ4n) is 2.58. The molecule has 2 heterocycles. The topological polar surface area (TPSA) is 41.1 Å². The van der Waals surface area contributed by atoms with Gasteiger partial charge >= 0.3 is 0 Å². The zero-order valence-electron chi connectivity index (χ0n) is 12.1. The first-order valence-electron chi connectivity index (χ1n) is 7.14. The van der Waals surface area contributed by atoms with Crippen LogP contribution in [0.15, 0.2) is 18.3 Å². The van der Waals surface area contributed by atoms with Gasteiger partial charge in [-0.3, -0.25) is 4.98 Å². The molecule has 1 aromatic heterocycles. The molecule has 21 heavy (non-hydrogen) atoms. The number of rotatable bonds is 2. The molecule has 3 rings (SSSR count). The molecule has 0 amide bonds. The third kappa shape index (κ3) is 3.07. The molecular weight excluding hydrogens is 307 g/mol. The highest BCUT2D eigenvalue weighted by atomic mass is 35.5. The van der Waals surface area contributed by atoms with E-state index in [1.807, 2.05) is 6.20 Å². The van der Waals surface area contributed by atoms with Crippen molar-refractivity contribution in [1.29, 1.82) is 0 Å². The van der Waals surface area contributed by atoms with Gasteiger partial charge in [0.25, 0.3) is 0 Å². The first kappa shape index (κ1) is 14.8. The number of fused-ring (bicyclic) bond motifs is 1. The summed E-state index contributed by atoms with van der Waals surface area (Å²) in [5.74, 6) is 1.49. The third-order valence-electron chi connectivity index (χ3n) is 3.91. The lowest BCUT2D eigenvalue weighted by Gasteiger charge is -2.36. The van der Waals surface area contributed by atoms with Gasteiger partial charge in [-0.25, -0.2) is 4.98 Å². The lowest BCUT2D eigenvalue weighted by atomic mass is 10.0. The van der Waals surface area contributed by atoms with E-state index in [4.69, 9.17) is 23.2 Å². The van der Waals surface area contributed by atoms with Crippen LogP contribution in [0.25, 0.3) is 11.0 Å². The highest BCUT2D eigenvalue weighted by Gasteiger charge is 2.23. The lowest BCUT2D eigenvalue weighted by Crippen LogP contribution is -2.53. The summed E-state index contributed by atoms with van der Waals surface area (Å²) in [6.07, 6.45) is 1.81. The minimum absolute atomic E-state index is 0.477. The fourth-order valence-corrected chi connectivity index (χ4v) is 2.90. The Labute approximate surface area is 134 Å². The van der Waals surface area contributed by atoms with Crippen LogP contribution < -0.4 is 10.2 Å². The van der Waals surface area contributed by atoms with Crippen molar-refractivity contribution in [2.45, 2.75) is 19.9 Å². The van der Waals surface area contributed by atoms with Crippen LogP contribution in [-0.4, -0.2) is 35.6 Å². The predicted octanol–water partition coefficient (Wildman–Crippen LogP) is 3.37. The predicted molar refractivity (Wildman–Crippen MR) is 88.4 cm³/mol. The van der Waals surface area contributed by atoms with E-state index < -0.39 is 0 Å². The minimum atomic E-state index is 0.477. The maximum Gasteiger partial charge on any atom is 0.147 e. The molecule has 6 heteroatoms. The maximum atomic E-state index is 6.07. The number of nitrogens with zero attached hydrogens (tertiary/aromatic N) is 3. The second-order valence-corrected chi connectivity index (χ2v) is 6.55. The van der Waals surface area contributed by atoms with Gasteiger partial charge in [0.1, 0.15) is 5.82 Å². The van der Waals surface area contributed by atoms with Gasteiger partial charge in [0.05, 0.1) is 27.3 Å². The Morgan fingerprint density at radius 1 is 1.24 bits per heavy atom. The summed E-state index contributed by atoms with van der Waals surface area (Å²) < 4.78 is 0. The van der Waals surface area contributed by atoms with Crippen LogP contribution in [0.4, 0.5) is 5.82 Å². The van der Waals surface area contributed by atoms with E-state index in [2.05, 4.69) is 34.0 Å². The largest absolute Gasteiger partial charge is 0.352 e. The first-order chi connectivity index (χ1) is 10.0. The molecule has 1 aliphatic heterocycles. The summed E-state index contributed by atoms with van der Waals surface area (Å²) in [6, 6.07) is 4.01. The van der Waals surface area contributed by atoms with Crippen molar-refractivity contribution in [1.82, 2.24) is 15.3 Å². The van der Waals surface area contributed by atoms with Crippen molar-refractivity contribution >= 4 is 40.1 Å². The van der Waals surface area contributed by atoms with Crippen molar-refractivity contribution in [2.75, 3.05) is 24.5 Å². The molecule has 0 aliphatic carbocycles. The number of hydrogen-bond donors (Lipinski definition) is 1. The average molecular weight is 325 g/mol. The Kier molecular flexibility index (Phi) is 4.20. The number of piperazine rings is 1.